The quantitative estimate of drug-likeness (QED) is 0.779. The van der Waals surface area contributed by atoms with Crippen LogP contribution >= 0.6 is 23.1 Å². The zero-order chi connectivity index (χ0) is 15.6. The van der Waals surface area contributed by atoms with Gasteiger partial charge in [0.1, 0.15) is 12.1 Å². The van der Waals surface area contributed by atoms with Gasteiger partial charge < -0.3 is 10.6 Å². The van der Waals surface area contributed by atoms with Gasteiger partial charge in [-0.2, -0.15) is 11.8 Å². The summed E-state index contributed by atoms with van der Waals surface area (Å²) in [4.78, 5) is 38.5. The molecule has 2 aliphatic rings. The summed E-state index contributed by atoms with van der Waals surface area (Å²) in [6.07, 6.45) is 1.39. The van der Waals surface area contributed by atoms with Gasteiger partial charge in [0.15, 0.2) is 0 Å². The number of rotatable bonds is 5. The molecule has 2 aliphatic heterocycles. The summed E-state index contributed by atoms with van der Waals surface area (Å²) in [5, 5.41) is 7.50. The highest BCUT2D eigenvalue weighted by Gasteiger charge is 2.53. The summed E-state index contributed by atoms with van der Waals surface area (Å²) in [5.74, 6) is 0.875. The lowest BCUT2D eigenvalue weighted by Gasteiger charge is -2.19. The molecule has 2 N–H and O–H groups in total. The van der Waals surface area contributed by atoms with Crippen LogP contribution in [0.5, 0.6) is 0 Å². The Balaban J connectivity index is 1.50. The third-order valence-corrected chi connectivity index (χ3v) is 5.97. The number of carbonyl (C=O) groups is 3. The second kappa shape index (κ2) is 6.29. The molecule has 22 heavy (non-hydrogen) atoms. The lowest BCUT2D eigenvalue weighted by Crippen LogP contribution is -2.47. The van der Waals surface area contributed by atoms with E-state index in [-0.39, 0.29) is 18.4 Å². The Labute approximate surface area is 136 Å². The summed E-state index contributed by atoms with van der Waals surface area (Å²) in [7, 11) is 0. The highest BCUT2D eigenvalue weighted by atomic mass is 32.2. The minimum absolute atomic E-state index is 0.207. The molecule has 1 spiro atoms. The van der Waals surface area contributed by atoms with Gasteiger partial charge in [0, 0.05) is 17.2 Å². The smallest absolute Gasteiger partial charge is 0.325 e. The number of nitrogens with zero attached hydrogens (tertiary/aromatic N) is 1. The standard InChI is InChI=1S/C14H17N3O3S2/c18-11(15-5-3-10-2-1-6-22-10)8-17-12(19)14(16-13(17)20)4-7-21-9-14/h1-2,6H,3-5,7-9H2,(H,15,18)(H,16,20)/t14-/m0/s1. The first-order valence-electron chi connectivity index (χ1n) is 7.12. The third-order valence-electron chi connectivity index (χ3n) is 3.84. The Bertz CT molecular complexity index is 582. The zero-order valence-electron chi connectivity index (χ0n) is 12.0. The van der Waals surface area contributed by atoms with Gasteiger partial charge in [-0.15, -0.1) is 11.3 Å². The maximum absolute atomic E-state index is 12.4. The molecular formula is C14H17N3O3S2. The van der Waals surface area contributed by atoms with Crippen molar-refractivity contribution in [3.8, 4) is 0 Å². The van der Waals surface area contributed by atoms with Gasteiger partial charge >= 0.3 is 6.03 Å². The van der Waals surface area contributed by atoms with Crippen molar-refractivity contribution in [2.24, 2.45) is 0 Å². The van der Waals surface area contributed by atoms with E-state index in [1.165, 1.54) is 4.88 Å². The topological polar surface area (TPSA) is 78.5 Å². The number of hydrogen-bond acceptors (Lipinski definition) is 5. The molecule has 118 valence electrons. The van der Waals surface area contributed by atoms with Crippen LogP contribution in [-0.2, 0) is 16.0 Å². The van der Waals surface area contributed by atoms with Crippen LogP contribution in [0, 0.1) is 0 Å². The fourth-order valence-electron chi connectivity index (χ4n) is 2.63. The fourth-order valence-corrected chi connectivity index (χ4v) is 4.67. The highest BCUT2D eigenvalue weighted by molar-refractivity contribution is 7.99. The average molecular weight is 339 g/mol. The summed E-state index contributed by atoms with van der Waals surface area (Å²) in [6, 6.07) is 3.52. The summed E-state index contributed by atoms with van der Waals surface area (Å²) >= 11 is 3.29. The predicted molar refractivity (Wildman–Crippen MR) is 86.0 cm³/mol. The molecule has 6 nitrogen and oxygen atoms in total. The average Bonchev–Trinajstić information content (AvgIpc) is 3.19. The second-order valence-electron chi connectivity index (χ2n) is 5.39. The Morgan fingerprint density at radius 3 is 3.00 bits per heavy atom. The van der Waals surface area contributed by atoms with Crippen LogP contribution < -0.4 is 10.6 Å². The van der Waals surface area contributed by atoms with Crippen molar-refractivity contribution in [3.63, 3.8) is 0 Å². The van der Waals surface area contributed by atoms with Crippen molar-refractivity contribution in [1.82, 2.24) is 15.5 Å². The van der Waals surface area contributed by atoms with Crippen molar-refractivity contribution >= 4 is 40.9 Å². The molecule has 0 radical (unpaired) electrons. The molecule has 0 bridgehead atoms. The first kappa shape index (κ1) is 15.4. The van der Waals surface area contributed by atoms with Crippen molar-refractivity contribution in [1.29, 1.82) is 0 Å². The molecule has 0 aliphatic carbocycles. The van der Waals surface area contributed by atoms with E-state index in [1.54, 1.807) is 23.1 Å². The first-order chi connectivity index (χ1) is 10.6. The van der Waals surface area contributed by atoms with Crippen LogP contribution in [0.4, 0.5) is 4.79 Å². The van der Waals surface area contributed by atoms with E-state index in [2.05, 4.69) is 10.6 Å². The van der Waals surface area contributed by atoms with E-state index >= 15 is 0 Å². The van der Waals surface area contributed by atoms with Gasteiger partial charge in [0.05, 0.1) is 0 Å². The van der Waals surface area contributed by atoms with Gasteiger partial charge in [-0.05, 0) is 30.0 Å². The molecule has 4 amide bonds. The van der Waals surface area contributed by atoms with E-state index in [4.69, 9.17) is 0 Å². The van der Waals surface area contributed by atoms with Crippen molar-refractivity contribution in [2.45, 2.75) is 18.4 Å². The van der Waals surface area contributed by atoms with E-state index in [1.807, 2.05) is 17.5 Å². The molecule has 2 saturated heterocycles. The molecule has 3 rings (SSSR count). The summed E-state index contributed by atoms with van der Waals surface area (Å²) < 4.78 is 0. The molecule has 0 unspecified atom stereocenters. The predicted octanol–water partition coefficient (Wildman–Crippen LogP) is 0.834. The number of imide groups is 1. The van der Waals surface area contributed by atoms with Gasteiger partial charge in [-0.25, -0.2) is 4.79 Å². The highest BCUT2D eigenvalue weighted by Crippen LogP contribution is 2.33. The van der Waals surface area contributed by atoms with E-state index in [0.29, 0.717) is 18.7 Å². The van der Waals surface area contributed by atoms with E-state index in [9.17, 15) is 14.4 Å². The van der Waals surface area contributed by atoms with Crippen LogP contribution in [0.15, 0.2) is 17.5 Å². The minimum Gasteiger partial charge on any atom is -0.354 e. The van der Waals surface area contributed by atoms with Crippen LogP contribution in [0.25, 0.3) is 0 Å². The van der Waals surface area contributed by atoms with Crippen LogP contribution in [-0.4, -0.2) is 52.9 Å². The number of carbonyl (C=O) groups excluding carboxylic acids is 3. The normalized spacial score (nSPS) is 24.1. The van der Waals surface area contributed by atoms with Crippen LogP contribution in [0.1, 0.15) is 11.3 Å². The lowest BCUT2D eigenvalue weighted by molar-refractivity contribution is -0.134. The number of thioether (sulfide) groups is 1. The molecule has 3 heterocycles. The SMILES string of the molecule is O=C(CN1C(=O)N[C@]2(CCSC2)C1=O)NCCc1cccs1. The number of thiophene rings is 1. The van der Waals surface area contributed by atoms with Gasteiger partial charge in [0.25, 0.3) is 5.91 Å². The van der Waals surface area contributed by atoms with Crippen molar-refractivity contribution in [2.75, 3.05) is 24.6 Å². The molecular weight excluding hydrogens is 322 g/mol. The van der Waals surface area contributed by atoms with E-state index in [0.717, 1.165) is 17.1 Å². The fraction of sp³-hybridized carbons (Fsp3) is 0.500. The number of urea groups is 1. The minimum atomic E-state index is -0.779. The molecule has 1 aromatic heterocycles. The van der Waals surface area contributed by atoms with Crippen LogP contribution in [0.3, 0.4) is 0 Å². The largest absolute Gasteiger partial charge is 0.354 e. The second-order valence-corrected chi connectivity index (χ2v) is 7.52. The Kier molecular flexibility index (Phi) is 4.39. The zero-order valence-corrected chi connectivity index (χ0v) is 13.6. The van der Waals surface area contributed by atoms with Gasteiger partial charge in [-0.3, -0.25) is 14.5 Å². The molecule has 8 heteroatoms. The maximum atomic E-state index is 12.4. The Morgan fingerprint density at radius 1 is 1.45 bits per heavy atom. The molecule has 0 aromatic carbocycles. The van der Waals surface area contributed by atoms with E-state index < -0.39 is 11.6 Å². The summed E-state index contributed by atoms with van der Waals surface area (Å²) in [6.45, 7) is 0.297. The molecule has 1 aromatic rings. The third kappa shape index (κ3) is 2.98. The van der Waals surface area contributed by atoms with Crippen molar-refractivity contribution in [3.05, 3.63) is 22.4 Å². The Hall–Kier alpha value is -1.54. The monoisotopic (exact) mass is 339 g/mol. The van der Waals surface area contributed by atoms with Gasteiger partial charge in [-0.1, -0.05) is 6.07 Å². The number of amides is 4. The van der Waals surface area contributed by atoms with Crippen molar-refractivity contribution < 1.29 is 14.4 Å². The first-order valence-corrected chi connectivity index (χ1v) is 9.15. The molecule has 2 fully saturated rings. The molecule has 0 saturated carbocycles. The number of nitrogens with one attached hydrogen (secondary N) is 2. The van der Waals surface area contributed by atoms with Gasteiger partial charge in [0.2, 0.25) is 5.91 Å². The molecule has 1 atom stereocenters. The maximum Gasteiger partial charge on any atom is 0.325 e. The number of hydrogen-bond donors (Lipinski definition) is 2. The van der Waals surface area contributed by atoms with Crippen LogP contribution in [0.2, 0.25) is 0 Å². The Morgan fingerprint density at radius 2 is 2.32 bits per heavy atom. The summed E-state index contributed by atoms with van der Waals surface area (Å²) in [5.41, 5.74) is -0.779. The lowest BCUT2D eigenvalue weighted by atomic mass is 9.99.